The number of carboxylic acids is 1. The molecule has 2 N–H and O–H groups in total. The second-order valence-corrected chi connectivity index (χ2v) is 5.08. The van der Waals surface area contributed by atoms with E-state index in [0.29, 0.717) is 6.42 Å². The normalized spacial score (nSPS) is 12.4. The van der Waals surface area contributed by atoms with Gasteiger partial charge in [0.2, 0.25) is 5.91 Å². The highest BCUT2D eigenvalue weighted by Gasteiger charge is 2.28. The molecule has 0 aliphatic heterocycles. The Kier molecular flexibility index (Phi) is 6.82. The first kappa shape index (κ1) is 17.2. The molecule has 0 spiro atoms. The van der Waals surface area contributed by atoms with Crippen molar-refractivity contribution in [3.63, 3.8) is 0 Å². The summed E-state index contributed by atoms with van der Waals surface area (Å²) >= 11 is 0. The third-order valence-electron chi connectivity index (χ3n) is 1.98. The number of rotatable bonds is 7. The van der Waals surface area contributed by atoms with Gasteiger partial charge in [-0.3, -0.25) is 9.59 Å². The first-order chi connectivity index (χ1) is 8.65. The number of aliphatic carboxylic acids is 1. The Bertz CT molecular complexity index is 357. The Balaban J connectivity index is 4.62. The van der Waals surface area contributed by atoms with Crippen LogP contribution in [0.3, 0.4) is 0 Å². The lowest BCUT2D eigenvalue weighted by Crippen LogP contribution is -2.45. The molecule has 0 rings (SSSR count). The highest BCUT2D eigenvalue weighted by atomic mass is 16.6. The predicted molar refractivity (Wildman–Crippen MR) is 69.5 cm³/mol. The number of carboxylic acid groups (broad SMARTS) is 1. The average Bonchev–Trinajstić information content (AvgIpc) is 2.22. The van der Waals surface area contributed by atoms with Gasteiger partial charge in [0.25, 0.3) is 0 Å². The third-order valence-corrected chi connectivity index (χ3v) is 1.98. The molecule has 0 fully saturated rings. The fourth-order valence-corrected chi connectivity index (χ4v) is 1.24. The first-order valence-electron chi connectivity index (χ1n) is 6.00. The lowest BCUT2D eigenvalue weighted by Gasteiger charge is -2.23. The molecular formula is C13H21NO5. The van der Waals surface area contributed by atoms with E-state index >= 15 is 0 Å². The number of allylic oxidation sites excluding steroid dienone is 1. The molecule has 19 heavy (non-hydrogen) atoms. The van der Waals surface area contributed by atoms with E-state index in [2.05, 4.69) is 11.9 Å². The van der Waals surface area contributed by atoms with Crippen LogP contribution in [0.15, 0.2) is 12.7 Å². The maximum Gasteiger partial charge on any atom is 0.329 e. The highest BCUT2D eigenvalue weighted by molar-refractivity contribution is 5.87. The van der Waals surface area contributed by atoms with Gasteiger partial charge in [-0.05, 0) is 27.2 Å². The van der Waals surface area contributed by atoms with Gasteiger partial charge in [-0.25, -0.2) is 4.79 Å². The Morgan fingerprint density at radius 1 is 1.37 bits per heavy atom. The van der Waals surface area contributed by atoms with Crippen molar-refractivity contribution in [1.29, 1.82) is 0 Å². The van der Waals surface area contributed by atoms with Crippen molar-refractivity contribution < 1.29 is 24.2 Å². The van der Waals surface area contributed by atoms with E-state index in [1.807, 2.05) is 0 Å². The van der Waals surface area contributed by atoms with Gasteiger partial charge in [0.1, 0.15) is 11.6 Å². The summed E-state index contributed by atoms with van der Waals surface area (Å²) < 4.78 is 5.07. The standard InChI is InChI=1S/C13H21NO5/c1-5-6-7-10(15)14-9(8-11(16)17)12(18)19-13(2,3)4/h5,9H,1,6-8H2,2-4H3,(H,14,15)(H,16,17)/t9-/m0/s1. The molecule has 0 aromatic carbocycles. The van der Waals surface area contributed by atoms with Gasteiger partial charge < -0.3 is 15.2 Å². The summed E-state index contributed by atoms with van der Waals surface area (Å²) in [5.41, 5.74) is -0.736. The second-order valence-electron chi connectivity index (χ2n) is 5.08. The Labute approximate surface area is 112 Å². The maximum atomic E-state index is 11.8. The summed E-state index contributed by atoms with van der Waals surface area (Å²) in [5.74, 6) is -2.33. The zero-order valence-corrected chi connectivity index (χ0v) is 11.6. The van der Waals surface area contributed by atoms with Gasteiger partial charge in [0.15, 0.2) is 0 Å². The van der Waals surface area contributed by atoms with Gasteiger partial charge in [-0.15, -0.1) is 6.58 Å². The van der Waals surface area contributed by atoms with Crippen LogP contribution in [-0.2, 0) is 19.1 Å². The van der Waals surface area contributed by atoms with E-state index in [1.165, 1.54) is 0 Å². The molecule has 0 bridgehead atoms. The van der Waals surface area contributed by atoms with Crippen molar-refractivity contribution in [2.45, 2.75) is 51.7 Å². The SMILES string of the molecule is C=CCCC(=O)N[C@@H](CC(=O)O)C(=O)OC(C)(C)C. The van der Waals surface area contributed by atoms with Crippen molar-refractivity contribution in [2.24, 2.45) is 0 Å². The summed E-state index contributed by atoms with van der Waals surface area (Å²) in [6, 6.07) is -1.17. The van der Waals surface area contributed by atoms with Crippen molar-refractivity contribution in [3.8, 4) is 0 Å². The minimum atomic E-state index is -1.18. The van der Waals surface area contributed by atoms with E-state index in [-0.39, 0.29) is 6.42 Å². The van der Waals surface area contributed by atoms with Crippen LogP contribution in [0.5, 0.6) is 0 Å². The van der Waals surface area contributed by atoms with Gasteiger partial charge >= 0.3 is 11.9 Å². The number of carbonyl (C=O) groups excluding carboxylic acids is 2. The summed E-state index contributed by atoms with van der Waals surface area (Å²) in [7, 11) is 0. The van der Waals surface area contributed by atoms with Crippen LogP contribution in [0.1, 0.15) is 40.0 Å². The minimum Gasteiger partial charge on any atom is -0.481 e. The smallest absolute Gasteiger partial charge is 0.329 e. The van der Waals surface area contributed by atoms with Crippen LogP contribution in [0.2, 0.25) is 0 Å². The number of hydrogen-bond acceptors (Lipinski definition) is 4. The summed E-state index contributed by atoms with van der Waals surface area (Å²) in [6.07, 6.45) is 1.68. The van der Waals surface area contributed by atoms with Crippen molar-refractivity contribution in [2.75, 3.05) is 0 Å². The maximum absolute atomic E-state index is 11.8. The van der Waals surface area contributed by atoms with Gasteiger partial charge in [0.05, 0.1) is 6.42 Å². The number of carbonyl (C=O) groups is 3. The molecule has 0 aliphatic rings. The third kappa shape index (κ3) is 8.82. The molecule has 6 heteroatoms. The molecule has 1 amide bonds. The largest absolute Gasteiger partial charge is 0.481 e. The molecule has 6 nitrogen and oxygen atoms in total. The molecular weight excluding hydrogens is 250 g/mol. The fraction of sp³-hybridized carbons (Fsp3) is 0.615. The van der Waals surface area contributed by atoms with Crippen LogP contribution in [0, 0.1) is 0 Å². The molecule has 0 unspecified atom stereocenters. The number of hydrogen-bond donors (Lipinski definition) is 2. The van der Waals surface area contributed by atoms with E-state index in [9.17, 15) is 14.4 Å². The number of nitrogens with one attached hydrogen (secondary N) is 1. The first-order valence-corrected chi connectivity index (χ1v) is 6.00. The van der Waals surface area contributed by atoms with Gasteiger partial charge in [-0.2, -0.15) is 0 Å². The van der Waals surface area contributed by atoms with Crippen molar-refractivity contribution >= 4 is 17.8 Å². The van der Waals surface area contributed by atoms with E-state index in [0.717, 1.165) is 0 Å². The van der Waals surface area contributed by atoms with Crippen molar-refractivity contribution in [1.82, 2.24) is 5.32 Å². The van der Waals surface area contributed by atoms with E-state index in [1.54, 1.807) is 26.8 Å². The lowest BCUT2D eigenvalue weighted by atomic mass is 10.1. The van der Waals surface area contributed by atoms with Crippen molar-refractivity contribution in [3.05, 3.63) is 12.7 Å². The topological polar surface area (TPSA) is 92.7 Å². The predicted octanol–water partition coefficient (Wildman–Crippen LogP) is 1.25. The zero-order valence-electron chi connectivity index (χ0n) is 11.6. The second kappa shape index (κ2) is 7.56. The highest BCUT2D eigenvalue weighted by Crippen LogP contribution is 2.10. The Morgan fingerprint density at radius 2 is 1.95 bits per heavy atom. The van der Waals surface area contributed by atoms with E-state index in [4.69, 9.17) is 9.84 Å². The Hall–Kier alpha value is -1.85. The monoisotopic (exact) mass is 271 g/mol. The number of amides is 1. The van der Waals surface area contributed by atoms with Crippen LogP contribution in [0.4, 0.5) is 0 Å². The molecule has 1 atom stereocenters. The minimum absolute atomic E-state index is 0.155. The van der Waals surface area contributed by atoms with Crippen LogP contribution in [-0.4, -0.2) is 34.6 Å². The molecule has 0 heterocycles. The van der Waals surface area contributed by atoms with Crippen LogP contribution < -0.4 is 5.32 Å². The molecule has 108 valence electrons. The molecule has 0 aromatic rings. The summed E-state index contributed by atoms with van der Waals surface area (Å²) in [6.45, 7) is 8.48. The fourth-order valence-electron chi connectivity index (χ4n) is 1.24. The molecule has 0 saturated carbocycles. The lowest BCUT2D eigenvalue weighted by molar-refractivity contribution is -0.161. The summed E-state index contributed by atoms with van der Waals surface area (Å²) in [5, 5.41) is 11.1. The molecule has 0 saturated heterocycles. The number of esters is 1. The Morgan fingerprint density at radius 3 is 2.37 bits per heavy atom. The number of ether oxygens (including phenoxy) is 1. The molecule has 0 aliphatic carbocycles. The quantitative estimate of drug-likeness (QED) is 0.537. The van der Waals surface area contributed by atoms with E-state index < -0.39 is 35.9 Å². The van der Waals surface area contributed by atoms with Crippen LogP contribution in [0.25, 0.3) is 0 Å². The molecule has 0 aromatic heterocycles. The molecule has 0 radical (unpaired) electrons. The average molecular weight is 271 g/mol. The van der Waals surface area contributed by atoms with Gasteiger partial charge in [0, 0.05) is 6.42 Å². The van der Waals surface area contributed by atoms with Gasteiger partial charge in [-0.1, -0.05) is 6.08 Å². The summed E-state index contributed by atoms with van der Waals surface area (Å²) in [4.78, 5) is 34.0. The van der Waals surface area contributed by atoms with Crippen LogP contribution >= 0.6 is 0 Å². The zero-order chi connectivity index (χ0) is 15.1.